The minimum atomic E-state index is -0.304. The maximum Gasteiger partial charge on any atom is 0.251 e. The first kappa shape index (κ1) is 19.0. The number of rotatable bonds is 7. The highest BCUT2D eigenvalue weighted by molar-refractivity contribution is 5.94. The second-order valence-electron chi connectivity index (χ2n) is 7.57. The zero-order valence-electron chi connectivity index (χ0n) is 16.4. The van der Waals surface area contributed by atoms with E-state index in [4.69, 9.17) is 0 Å². The quantitative estimate of drug-likeness (QED) is 0.641. The molecule has 150 valence electrons. The number of alkyl halides is 1. The molecule has 1 amide bonds. The summed E-state index contributed by atoms with van der Waals surface area (Å²) in [5, 5.41) is 10.1. The molecule has 1 fully saturated rings. The van der Waals surface area contributed by atoms with E-state index < -0.39 is 0 Å². The van der Waals surface area contributed by atoms with E-state index in [9.17, 15) is 9.18 Å². The van der Waals surface area contributed by atoms with Crippen molar-refractivity contribution in [3.05, 3.63) is 54.0 Å². The Hall–Kier alpha value is -3.29. The van der Waals surface area contributed by atoms with Crippen molar-refractivity contribution >= 4 is 17.5 Å². The summed E-state index contributed by atoms with van der Waals surface area (Å²) >= 11 is 0. The van der Waals surface area contributed by atoms with E-state index in [1.807, 2.05) is 13.1 Å². The molecule has 0 radical (unpaired) electrons. The summed E-state index contributed by atoms with van der Waals surface area (Å²) in [5.74, 6) is 0.316. The van der Waals surface area contributed by atoms with Crippen LogP contribution in [0.3, 0.4) is 0 Å². The van der Waals surface area contributed by atoms with E-state index in [2.05, 4.69) is 25.7 Å². The van der Waals surface area contributed by atoms with Crippen molar-refractivity contribution in [2.45, 2.75) is 26.3 Å². The van der Waals surface area contributed by atoms with Gasteiger partial charge in [0.25, 0.3) is 5.91 Å². The summed E-state index contributed by atoms with van der Waals surface area (Å²) in [4.78, 5) is 20.6. The van der Waals surface area contributed by atoms with Crippen LogP contribution in [0.5, 0.6) is 0 Å². The number of aryl methyl sites for hydroxylation is 1. The van der Waals surface area contributed by atoms with Crippen molar-refractivity contribution in [1.82, 2.24) is 25.1 Å². The highest BCUT2D eigenvalue weighted by Crippen LogP contribution is 2.47. The number of aromatic nitrogens is 4. The number of nitrogens with zero attached hydrogens (tertiary/aromatic N) is 4. The first-order valence-electron chi connectivity index (χ1n) is 9.53. The summed E-state index contributed by atoms with van der Waals surface area (Å²) in [6.07, 6.45) is 7.25. The number of benzene rings is 1. The Labute approximate surface area is 168 Å². The highest BCUT2D eigenvalue weighted by Gasteiger charge is 2.43. The summed E-state index contributed by atoms with van der Waals surface area (Å²) in [6.45, 7) is 2.23. The first-order valence-corrected chi connectivity index (χ1v) is 9.53. The number of carbonyl (C=O) groups is 1. The van der Waals surface area contributed by atoms with Gasteiger partial charge in [-0.05, 0) is 49.6 Å². The molecule has 1 aliphatic rings. The monoisotopic (exact) mass is 394 g/mol. The number of carbonyl (C=O) groups excluding carboxylic acids is 1. The lowest BCUT2D eigenvalue weighted by molar-refractivity contribution is 0.0963. The molecule has 8 heteroatoms. The molecule has 0 atom stereocenters. The zero-order chi connectivity index (χ0) is 20.4. The summed E-state index contributed by atoms with van der Waals surface area (Å²) < 4.78 is 15.0. The molecule has 1 aliphatic carbocycles. The van der Waals surface area contributed by atoms with Gasteiger partial charge < -0.3 is 10.6 Å². The molecule has 2 heterocycles. The molecular formula is C21H23FN6O. The summed E-state index contributed by atoms with van der Waals surface area (Å²) in [6, 6.07) is 7.08. The Kier molecular flexibility index (Phi) is 5.00. The maximum atomic E-state index is 13.2. The van der Waals surface area contributed by atoms with Crippen molar-refractivity contribution in [2.24, 2.45) is 5.41 Å². The third-order valence-corrected chi connectivity index (χ3v) is 5.25. The van der Waals surface area contributed by atoms with E-state index in [0.29, 0.717) is 18.1 Å². The van der Waals surface area contributed by atoms with Crippen molar-refractivity contribution in [2.75, 3.05) is 19.0 Å². The molecule has 2 aromatic heterocycles. The molecule has 3 aromatic rings. The molecular weight excluding hydrogens is 371 g/mol. The Balaban J connectivity index is 1.52. The van der Waals surface area contributed by atoms with Crippen molar-refractivity contribution < 1.29 is 9.18 Å². The Bertz CT molecular complexity index is 1030. The van der Waals surface area contributed by atoms with Gasteiger partial charge in [0.05, 0.1) is 18.6 Å². The Morgan fingerprint density at radius 3 is 2.66 bits per heavy atom. The molecule has 0 saturated heterocycles. The number of nitrogens with one attached hydrogen (secondary N) is 2. The van der Waals surface area contributed by atoms with Crippen LogP contribution in [0.15, 0.2) is 42.9 Å². The summed E-state index contributed by atoms with van der Waals surface area (Å²) in [5.41, 5.74) is 3.71. The average molecular weight is 394 g/mol. The predicted molar refractivity (Wildman–Crippen MR) is 109 cm³/mol. The lowest BCUT2D eigenvalue weighted by atomic mass is 10.1. The van der Waals surface area contributed by atoms with Gasteiger partial charge in [-0.1, -0.05) is 0 Å². The van der Waals surface area contributed by atoms with Crippen LogP contribution in [-0.4, -0.2) is 39.4 Å². The fourth-order valence-electron chi connectivity index (χ4n) is 3.20. The average Bonchev–Trinajstić information content (AvgIpc) is 3.37. The van der Waals surface area contributed by atoms with E-state index in [0.717, 1.165) is 35.3 Å². The highest BCUT2D eigenvalue weighted by atomic mass is 19.1. The van der Waals surface area contributed by atoms with Crippen molar-refractivity contribution in [3.8, 4) is 11.3 Å². The van der Waals surface area contributed by atoms with Gasteiger partial charge in [-0.2, -0.15) is 5.10 Å². The van der Waals surface area contributed by atoms with Gasteiger partial charge >= 0.3 is 0 Å². The van der Waals surface area contributed by atoms with E-state index in [1.165, 1.54) is 0 Å². The topological polar surface area (TPSA) is 84.7 Å². The second-order valence-corrected chi connectivity index (χ2v) is 7.57. The summed E-state index contributed by atoms with van der Waals surface area (Å²) in [7, 11) is 1.60. The fraction of sp³-hybridized carbons (Fsp3) is 0.333. The molecule has 0 bridgehead atoms. The number of hydrogen-bond acceptors (Lipinski definition) is 5. The SMILES string of the molecule is CNC(=O)c1ccc(Nc2ncc(C)c(-c3cnn(CC4(CF)CC4)c3)n2)cc1. The largest absolute Gasteiger partial charge is 0.355 e. The standard InChI is InChI=1S/C21H23FN6O/c1-14-9-24-20(26-17-5-3-15(4-6-17)19(29)23-2)27-18(14)16-10-25-28(11-16)13-21(12-22)7-8-21/h3-6,9-11H,7-8,12-13H2,1-2H3,(H,23,29)(H,24,26,27). The van der Waals surface area contributed by atoms with Crippen LogP contribution >= 0.6 is 0 Å². The van der Waals surface area contributed by atoms with Crippen LogP contribution < -0.4 is 10.6 Å². The molecule has 7 nitrogen and oxygen atoms in total. The normalized spacial score (nSPS) is 14.4. The minimum absolute atomic E-state index is 0.136. The van der Waals surface area contributed by atoms with Gasteiger partial charge in [-0.15, -0.1) is 0 Å². The van der Waals surface area contributed by atoms with Gasteiger partial charge in [-0.25, -0.2) is 9.97 Å². The van der Waals surface area contributed by atoms with Crippen LogP contribution in [0.25, 0.3) is 11.3 Å². The predicted octanol–water partition coefficient (Wildman–Crippen LogP) is 3.50. The molecule has 0 aliphatic heterocycles. The Morgan fingerprint density at radius 1 is 1.24 bits per heavy atom. The van der Waals surface area contributed by atoms with Crippen molar-refractivity contribution in [1.29, 1.82) is 0 Å². The molecule has 29 heavy (non-hydrogen) atoms. The lowest BCUT2D eigenvalue weighted by Crippen LogP contribution is -2.17. The molecule has 0 unspecified atom stereocenters. The lowest BCUT2D eigenvalue weighted by Gasteiger charge is -2.10. The van der Waals surface area contributed by atoms with Gasteiger partial charge in [0.2, 0.25) is 5.95 Å². The third-order valence-electron chi connectivity index (χ3n) is 5.25. The third kappa shape index (κ3) is 4.11. The molecule has 2 N–H and O–H groups in total. The van der Waals surface area contributed by atoms with Crippen LogP contribution in [0, 0.1) is 12.3 Å². The smallest absolute Gasteiger partial charge is 0.251 e. The molecule has 1 aromatic carbocycles. The second kappa shape index (κ2) is 7.62. The Morgan fingerprint density at radius 2 is 2.00 bits per heavy atom. The van der Waals surface area contributed by atoms with E-state index in [1.54, 1.807) is 48.4 Å². The van der Waals surface area contributed by atoms with Crippen LogP contribution in [0.1, 0.15) is 28.8 Å². The van der Waals surface area contributed by atoms with Gasteiger partial charge in [-0.3, -0.25) is 13.9 Å². The molecule has 4 rings (SSSR count). The van der Waals surface area contributed by atoms with Gasteiger partial charge in [0, 0.05) is 48.2 Å². The number of halogens is 1. The van der Waals surface area contributed by atoms with Crippen LogP contribution in [0.2, 0.25) is 0 Å². The number of anilines is 2. The molecule has 1 saturated carbocycles. The van der Waals surface area contributed by atoms with Gasteiger partial charge in [0.1, 0.15) is 0 Å². The van der Waals surface area contributed by atoms with E-state index >= 15 is 0 Å². The molecule has 0 spiro atoms. The van der Waals surface area contributed by atoms with Gasteiger partial charge in [0.15, 0.2) is 0 Å². The zero-order valence-corrected chi connectivity index (χ0v) is 16.4. The van der Waals surface area contributed by atoms with Crippen molar-refractivity contribution in [3.63, 3.8) is 0 Å². The van der Waals surface area contributed by atoms with Crippen LogP contribution in [-0.2, 0) is 6.54 Å². The fourth-order valence-corrected chi connectivity index (χ4v) is 3.20. The van der Waals surface area contributed by atoms with Crippen LogP contribution in [0.4, 0.5) is 16.0 Å². The first-order chi connectivity index (χ1) is 14.0. The number of hydrogen-bond donors (Lipinski definition) is 2. The minimum Gasteiger partial charge on any atom is -0.355 e. The maximum absolute atomic E-state index is 13.2. The number of amides is 1. The van der Waals surface area contributed by atoms with E-state index in [-0.39, 0.29) is 18.0 Å².